The summed E-state index contributed by atoms with van der Waals surface area (Å²) in [5.41, 5.74) is 0.817. The highest BCUT2D eigenvalue weighted by molar-refractivity contribution is 7.91. The molecule has 1 N–H and O–H groups in total. The van der Waals surface area contributed by atoms with Crippen LogP contribution in [-0.2, 0) is 14.8 Å². The van der Waals surface area contributed by atoms with Gasteiger partial charge in [0.1, 0.15) is 0 Å². The van der Waals surface area contributed by atoms with Crippen molar-refractivity contribution in [3.05, 3.63) is 11.2 Å². The Hall–Kier alpha value is -1.03. The van der Waals surface area contributed by atoms with Crippen molar-refractivity contribution in [3.8, 4) is 0 Å². The molecule has 0 atom stereocenters. The molecule has 0 aromatic carbocycles. The van der Waals surface area contributed by atoms with Gasteiger partial charge in [-0.2, -0.15) is 4.31 Å². The van der Waals surface area contributed by atoms with Gasteiger partial charge in [0, 0.05) is 26.3 Å². The number of carboxylic acid groups (broad SMARTS) is 1. The zero-order chi connectivity index (χ0) is 14.0. The molecule has 1 saturated heterocycles. The number of rotatable bonds is 4. The number of aromatic carboxylic acids is 1. The highest BCUT2D eigenvalue weighted by atomic mass is 32.2. The van der Waals surface area contributed by atoms with E-state index >= 15 is 0 Å². The molecule has 0 spiro atoms. The maximum Gasteiger partial charge on any atom is 0.356 e. The molecule has 0 amide bonds. The van der Waals surface area contributed by atoms with Gasteiger partial charge in [0.15, 0.2) is 9.90 Å². The lowest BCUT2D eigenvalue weighted by atomic mass is 10.1. The maximum atomic E-state index is 12.4. The number of thiazole rings is 1. The van der Waals surface area contributed by atoms with Crippen LogP contribution in [-0.4, -0.2) is 55.1 Å². The quantitative estimate of drug-likeness (QED) is 0.877. The lowest BCUT2D eigenvalue weighted by Gasteiger charge is -2.29. The third-order valence-corrected chi connectivity index (χ3v) is 6.31. The van der Waals surface area contributed by atoms with Crippen LogP contribution in [0.3, 0.4) is 0 Å². The fourth-order valence-corrected chi connectivity index (χ4v) is 4.66. The number of sulfonamides is 1. The maximum absolute atomic E-state index is 12.4. The fraction of sp³-hybridized carbons (Fsp3) is 0.600. The van der Waals surface area contributed by atoms with E-state index in [2.05, 4.69) is 4.98 Å². The van der Waals surface area contributed by atoms with Gasteiger partial charge in [0.2, 0.25) is 0 Å². The van der Waals surface area contributed by atoms with Gasteiger partial charge in [-0.15, -0.1) is 11.3 Å². The van der Waals surface area contributed by atoms with E-state index in [0.29, 0.717) is 26.1 Å². The monoisotopic (exact) mass is 306 g/mol. The van der Waals surface area contributed by atoms with E-state index < -0.39 is 21.7 Å². The highest BCUT2D eigenvalue weighted by Gasteiger charge is 2.34. The molecule has 1 aliphatic heterocycles. The summed E-state index contributed by atoms with van der Waals surface area (Å²) in [6.45, 7) is 1.03. The molecule has 1 fully saturated rings. The second-order valence-corrected chi connectivity index (χ2v) is 7.21. The first-order valence-corrected chi connectivity index (χ1v) is 7.99. The van der Waals surface area contributed by atoms with E-state index in [1.54, 1.807) is 0 Å². The third kappa shape index (κ3) is 2.78. The number of nitrogens with zero attached hydrogens (tertiary/aromatic N) is 2. The number of hydrogen-bond donors (Lipinski definition) is 1. The number of carboxylic acids is 1. The summed E-state index contributed by atoms with van der Waals surface area (Å²) < 4.78 is 31.0. The molecule has 0 bridgehead atoms. The van der Waals surface area contributed by atoms with Gasteiger partial charge < -0.3 is 9.84 Å². The van der Waals surface area contributed by atoms with Gasteiger partial charge in [-0.1, -0.05) is 0 Å². The van der Waals surface area contributed by atoms with Crippen molar-refractivity contribution in [2.75, 3.05) is 20.3 Å². The molecule has 9 heteroatoms. The molecule has 0 aliphatic carbocycles. The standard InChI is InChI=1S/C10H14N2O5S2/c1-12(7-2-4-17-5-3-7)19(15,16)10-8(9(13)14)11-6-18-10/h6-7H,2-5H2,1H3,(H,13,14). The van der Waals surface area contributed by atoms with Gasteiger partial charge in [0.05, 0.1) is 5.51 Å². The average molecular weight is 306 g/mol. The lowest BCUT2D eigenvalue weighted by molar-refractivity contribution is 0.0629. The SMILES string of the molecule is CN(C1CCOCC1)S(=O)(=O)c1scnc1C(=O)O. The topological polar surface area (TPSA) is 96.8 Å². The first kappa shape index (κ1) is 14.4. The highest BCUT2D eigenvalue weighted by Crippen LogP contribution is 2.27. The van der Waals surface area contributed by atoms with Gasteiger partial charge >= 0.3 is 5.97 Å². The normalized spacial score (nSPS) is 17.8. The number of aromatic nitrogens is 1. The number of carbonyl (C=O) groups is 1. The Bertz CT molecular complexity index is 562. The van der Waals surface area contributed by atoms with Crippen LogP contribution in [0.2, 0.25) is 0 Å². The minimum absolute atomic E-state index is 0.164. The third-order valence-electron chi connectivity index (χ3n) is 3.06. The molecule has 0 unspecified atom stereocenters. The summed E-state index contributed by atoms with van der Waals surface area (Å²) in [5.74, 6) is -1.33. The Morgan fingerprint density at radius 2 is 2.16 bits per heavy atom. The van der Waals surface area contributed by atoms with Crippen molar-refractivity contribution in [1.29, 1.82) is 0 Å². The summed E-state index contributed by atoms with van der Waals surface area (Å²) in [7, 11) is -2.35. The minimum Gasteiger partial charge on any atom is -0.476 e. The summed E-state index contributed by atoms with van der Waals surface area (Å²) in [5, 5.41) is 8.95. The van der Waals surface area contributed by atoms with E-state index in [1.165, 1.54) is 16.9 Å². The largest absolute Gasteiger partial charge is 0.476 e. The summed E-state index contributed by atoms with van der Waals surface area (Å²) >= 11 is 0.824. The van der Waals surface area contributed by atoms with Crippen LogP contribution in [0.25, 0.3) is 0 Å². The summed E-state index contributed by atoms with van der Waals surface area (Å²) in [6, 6.07) is -0.164. The van der Waals surface area contributed by atoms with Crippen molar-refractivity contribution in [2.45, 2.75) is 23.1 Å². The van der Waals surface area contributed by atoms with Crippen molar-refractivity contribution in [1.82, 2.24) is 9.29 Å². The van der Waals surface area contributed by atoms with Crippen molar-refractivity contribution in [2.24, 2.45) is 0 Å². The minimum atomic E-state index is -3.82. The Balaban J connectivity index is 2.30. The van der Waals surface area contributed by atoms with Gasteiger partial charge in [0.25, 0.3) is 10.0 Å². The summed E-state index contributed by atoms with van der Waals surface area (Å²) in [6.07, 6.45) is 1.22. The molecule has 2 heterocycles. The molecule has 7 nitrogen and oxygen atoms in total. The molecule has 1 aromatic rings. The van der Waals surface area contributed by atoms with Gasteiger partial charge in [-0.05, 0) is 12.8 Å². The molecule has 1 aromatic heterocycles. The molecule has 0 saturated carbocycles. The average Bonchev–Trinajstić information content (AvgIpc) is 2.89. The van der Waals surface area contributed by atoms with E-state index in [0.717, 1.165) is 11.3 Å². The van der Waals surface area contributed by atoms with Crippen LogP contribution in [0.4, 0.5) is 0 Å². The van der Waals surface area contributed by atoms with Crippen molar-refractivity contribution < 1.29 is 23.1 Å². The van der Waals surface area contributed by atoms with Crippen LogP contribution in [0.1, 0.15) is 23.3 Å². The molecule has 19 heavy (non-hydrogen) atoms. The second-order valence-electron chi connectivity index (χ2n) is 4.16. The Kier molecular flexibility index (Phi) is 4.19. The molecule has 106 valence electrons. The van der Waals surface area contributed by atoms with Crippen LogP contribution < -0.4 is 0 Å². The number of hydrogen-bond acceptors (Lipinski definition) is 6. The molecular weight excluding hydrogens is 292 g/mol. The summed E-state index contributed by atoms with van der Waals surface area (Å²) in [4.78, 5) is 14.6. The smallest absolute Gasteiger partial charge is 0.356 e. The molecular formula is C10H14N2O5S2. The number of ether oxygens (including phenoxy) is 1. The van der Waals surface area contributed by atoms with Gasteiger partial charge in [-0.3, -0.25) is 0 Å². The zero-order valence-corrected chi connectivity index (χ0v) is 11.9. The lowest BCUT2D eigenvalue weighted by Crippen LogP contribution is -2.40. The van der Waals surface area contributed by atoms with Crippen molar-refractivity contribution >= 4 is 27.3 Å². The van der Waals surface area contributed by atoms with Crippen molar-refractivity contribution in [3.63, 3.8) is 0 Å². The van der Waals surface area contributed by atoms with Crippen LogP contribution in [0.15, 0.2) is 9.72 Å². The van der Waals surface area contributed by atoms with Gasteiger partial charge in [-0.25, -0.2) is 18.2 Å². The molecule has 2 rings (SSSR count). The van der Waals surface area contributed by atoms with E-state index in [4.69, 9.17) is 9.84 Å². The fourth-order valence-electron chi connectivity index (χ4n) is 1.94. The van der Waals surface area contributed by atoms with Crippen LogP contribution >= 0.6 is 11.3 Å². The Morgan fingerprint density at radius 3 is 2.74 bits per heavy atom. The van der Waals surface area contributed by atoms with Crippen LogP contribution in [0, 0.1) is 0 Å². The first-order chi connectivity index (χ1) is 8.94. The zero-order valence-electron chi connectivity index (χ0n) is 10.3. The van der Waals surface area contributed by atoms with Crippen LogP contribution in [0.5, 0.6) is 0 Å². The van der Waals surface area contributed by atoms with E-state index in [-0.39, 0.29) is 10.3 Å². The predicted octanol–water partition coefficient (Wildman–Crippen LogP) is 0.641. The predicted molar refractivity (Wildman–Crippen MR) is 67.9 cm³/mol. The molecule has 0 radical (unpaired) electrons. The molecule has 1 aliphatic rings. The second kappa shape index (κ2) is 5.53. The first-order valence-electron chi connectivity index (χ1n) is 5.67. The Morgan fingerprint density at radius 1 is 1.53 bits per heavy atom. The van der Waals surface area contributed by atoms with E-state index in [1.807, 2.05) is 0 Å². The van der Waals surface area contributed by atoms with E-state index in [9.17, 15) is 13.2 Å². The Labute approximate surface area is 114 Å².